The van der Waals surface area contributed by atoms with Gasteiger partial charge in [0.25, 0.3) is 11.4 Å². The highest BCUT2D eigenvalue weighted by Gasteiger charge is 2.31. The van der Waals surface area contributed by atoms with Crippen LogP contribution in [0.4, 0.5) is 11.4 Å². The Morgan fingerprint density at radius 2 is 1.74 bits per heavy atom. The fourth-order valence-electron chi connectivity index (χ4n) is 3.88. The van der Waals surface area contributed by atoms with Gasteiger partial charge in [0.2, 0.25) is 0 Å². The first-order valence-electron chi connectivity index (χ1n) is 9.17. The molecule has 0 bridgehead atoms. The summed E-state index contributed by atoms with van der Waals surface area (Å²) in [6, 6.07) is 3.66. The lowest BCUT2D eigenvalue weighted by Crippen LogP contribution is -2.21. The van der Waals surface area contributed by atoms with Crippen molar-refractivity contribution in [2.24, 2.45) is 11.1 Å². The second kappa shape index (κ2) is 8.24. The van der Waals surface area contributed by atoms with Gasteiger partial charge < -0.3 is 4.84 Å². The van der Waals surface area contributed by atoms with Gasteiger partial charge in [0.1, 0.15) is 0 Å². The number of oxime groups is 1. The summed E-state index contributed by atoms with van der Waals surface area (Å²) >= 11 is 0. The average Bonchev–Trinajstić information content (AvgIpc) is 3.20. The van der Waals surface area contributed by atoms with E-state index in [1.807, 2.05) is 0 Å². The van der Waals surface area contributed by atoms with E-state index in [1.54, 1.807) is 0 Å². The Kier molecular flexibility index (Phi) is 5.78. The van der Waals surface area contributed by atoms with E-state index in [0.29, 0.717) is 24.1 Å². The number of rotatable bonds is 5. The summed E-state index contributed by atoms with van der Waals surface area (Å²) in [5.74, 6) is -0.844. The van der Waals surface area contributed by atoms with E-state index in [2.05, 4.69) is 5.16 Å². The molecule has 0 aliphatic heterocycles. The van der Waals surface area contributed by atoms with Gasteiger partial charge in [-0.2, -0.15) is 0 Å². The lowest BCUT2D eigenvalue weighted by Gasteiger charge is -2.23. The van der Waals surface area contributed by atoms with Crippen LogP contribution in [0, 0.1) is 26.1 Å². The van der Waals surface area contributed by atoms with Crippen molar-refractivity contribution in [3.63, 3.8) is 0 Å². The van der Waals surface area contributed by atoms with E-state index < -0.39 is 9.85 Å². The number of nitrogens with zero attached hydrogens (tertiary/aromatic N) is 3. The molecule has 3 rings (SSSR count). The van der Waals surface area contributed by atoms with E-state index in [9.17, 15) is 25.0 Å². The molecule has 1 atom stereocenters. The molecular weight excluding hydrogens is 354 g/mol. The van der Waals surface area contributed by atoms with Crippen LogP contribution in [0.3, 0.4) is 0 Å². The SMILES string of the molecule is O=C(ON=C1CCCC[C@H]1c1ccc([N+](=O)[O-])cc1[N+](=O)[O-])C1CCCC1. The first-order valence-corrected chi connectivity index (χ1v) is 9.17. The molecule has 2 fully saturated rings. The van der Waals surface area contributed by atoms with Crippen molar-refractivity contribution in [2.75, 3.05) is 0 Å². The molecule has 0 amide bonds. The van der Waals surface area contributed by atoms with Gasteiger partial charge in [-0.25, -0.2) is 4.79 Å². The third-order valence-electron chi connectivity index (χ3n) is 5.32. The minimum absolute atomic E-state index is 0.120. The molecule has 0 radical (unpaired) electrons. The number of carbonyl (C=O) groups excluding carboxylic acids is 1. The van der Waals surface area contributed by atoms with Gasteiger partial charge >= 0.3 is 5.97 Å². The summed E-state index contributed by atoms with van der Waals surface area (Å²) in [6.07, 6.45) is 6.55. The van der Waals surface area contributed by atoms with Crippen molar-refractivity contribution in [2.45, 2.75) is 57.3 Å². The van der Waals surface area contributed by atoms with Gasteiger partial charge in [0, 0.05) is 17.5 Å². The zero-order chi connectivity index (χ0) is 19.4. The molecule has 0 heterocycles. The second-order valence-electron chi connectivity index (χ2n) is 7.03. The molecule has 9 nitrogen and oxygen atoms in total. The van der Waals surface area contributed by atoms with E-state index >= 15 is 0 Å². The molecular formula is C18H21N3O6. The lowest BCUT2D eigenvalue weighted by molar-refractivity contribution is -0.394. The fraction of sp³-hybridized carbons (Fsp3) is 0.556. The maximum Gasteiger partial charge on any atom is 0.338 e. The molecule has 144 valence electrons. The number of hydrogen-bond acceptors (Lipinski definition) is 7. The topological polar surface area (TPSA) is 125 Å². The van der Waals surface area contributed by atoms with Crippen LogP contribution in [-0.2, 0) is 9.63 Å². The van der Waals surface area contributed by atoms with Gasteiger partial charge in [-0.15, -0.1) is 0 Å². The normalized spacial score (nSPS) is 21.9. The second-order valence-corrected chi connectivity index (χ2v) is 7.03. The van der Waals surface area contributed by atoms with Crippen LogP contribution in [-0.4, -0.2) is 21.5 Å². The van der Waals surface area contributed by atoms with Crippen molar-refractivity contribution in [1.29, 1.82) is 0 Å². The number of carbonyl (C=O) groups is 1. The standard InChI is InChI=1S/C18H21N3O6/c22-18(12-5-1-2-6-12)27-19-16-8-4-3-7-14(16)15-10-9-13(20(23)24)11-17(15)21(25)26/h9-12,14H,1-8H2/t14-/m0/s1. The molecule has 1 aromatic rings. The highest BCUT2D eigenvalue weighted by atomic mass is 16.7. The minimum atomic E-state index is -0.657. The summed E-state index contributed by atoms with van der Waals surface area (Å²) in [7, 11) is 0. The predicted octanol–water partition coefficient (Wildman–Crippen LogP) is 4.25. The third kappa shape index (κ3) is 4.29. The van der Waals surface area contributed by atoms with Gasteiger partial charge in [0.15, 0.2) is 0 Å². The maximum atomic E-state index is 12.1. The molecule has 9 heteroatoms. The first kappa shape index (κ1) is 18.9. The van der Waals surface area contributed by atoms with Crippen LogP contribution < -0.4 is 0 Å². The van der Waals surface area contributed by atoms with Crippen molar-refractivity contribution in [1.82, 2.24) is 0 Å². The summed E-state index contributed by atoms with van der Waals surface area (Å²) in [5, 5.41) is 26.4. The van der Waals surface area contributed by atoms with E-state index in [-0.39, 0.29) is 29.2 Å². The first-order chi connectivity index (χ1) is 13.0. The third-order valence-corrected chi connectivity index (χ3v) is 5.32. The van der Waals surface area contributed by atoms with E-state index in [1.165, 1.54) is 12.1 Å². The molecule has 0 unspecified atom stereocenters. The quantitative estimate of drug-likeness (QED) is 0.430. The zero-order valence-electron chi connectivity index (χ0n) is 14.8. The van der Waals surface area contributed by atoms with Crippen molar-refractivity contribution in [3.8, 4) is 0 Å². The number of hydrogen-bond donors (Lipinski definition) is 0. The molecule has 1 aromatic carbocycles. The summed E-state index contributed by atoms with van der Waals surface area (Å²) in [5.41, 5.74) is 0.337. The van der Waals surface area contributed by atoms with Crippen molar-refractivity contribution >= 4 is 23.1 Å². The van der Waals surface area contributed by atoms with Gasteiger partial charge in [-0.05, 0) is 38.2 Å². The lowest BCUT2D eigenvalue weighted by atomic mass is 9.81. The van der Waals surface area contributed by atoms with Gasteiger partial charge in [0.05, 0.1) is 27.5 Å². The summed E-state index contributed by atoms with van der Waals surface area (Å²) in [4.78, 5) is 38.4. The minimum Gasteiger partial charge on any atom is -0.318 e. The van der Waals surface area contributed by atoms with Crippen LogP contribution in [0.15, 0.2) is 23.4 Å². The fourth-order valence-corrected chi connectivity index (χ4v) is 3.88. The van der Waals surface area contributed by atoms with Crippen LogP contribution in [0.2, 0.25) is 0 Å². The predicted molar refractivity (Wildman–Crippen MR) is 96.4 cm³/mol. The Morgan fingerprint density at radius 1 is 1.04 bits per heavy atom. The molecule has 0 spiro atoms. The molecule has 0 N–H and O–H groups in total. The zero-order valence-corrected chi connectivity index (χ0v) is 14.8. The molecule has 2 aliphatic rings. The number of benzene rings is 1. The number of non-ortho nitro benzene ring substituents is 1. The molecule has 0 saturated heterocycles. The Bertz CT molecular complexity index is 785. The number of nitro groups is 2. The van der Waals surface area contributed by atoms with E-state index in [4.69, 9.17) is 4.84 Å². The van der Waals surface area contributed by atoms with Gasteiger partial charge in [-0.1, -0.05) is 24.4 Å². The Morgan fingerprint density at radius 3 is 2.41 bits per heavy atom. The molecule has 27 heavy (non-hydrogen) atoms. The van der Waals surface area contributed by atoms with Gasteiger partial charge in [-0.3, -0.25) is 20.2 Å². The van der Waals surface area contributed by atoms with Crippen LogP contribution in [0.5, 0.6) is 0 Å². The average molecular weight is 375 g/mol. The highest BCUT2D eigenvalue weighted by Crippen LogP contribution is 2.38. The molecule has 2 saturated carbocycles. The summed E-state index contributed by atoms with van der Waals surface area (Å²) < 4.78 is 0. The maximum absolute atomic E-state index is 12.1. The monoisotopic (exact) mass is 375 g/mol. The van der Waals surface area contributed by atoms with Crippen LogP contribution in [0.1, 0.15) is 62.8 Å². The van der Waals surface area contributed by atoms with Crippen LogP contribution >= 0.6 is 0 Å². The Hall–Kier alpha value is -2.84. The van der Waals surface area contributed by atoms with Crippen molar-refractivity contribution in [3.05, 3.63) is 44.0 Å². The highest BCUT2D eigenvalue weighted by molar-refractivity contribution is 5.92. The van der Waals surface area contributed by atoms with E-state index in [0.717, 1.165) is 44.6 Å². The van der Waals surface area contributed by atoms with Crippen LogP contribution in [0.25, 0.3) is 0 Å². The smallest absolute Gasteiger partial charge is 0.318 e. The molecule has 2 aliphatic carbocycles. The number of nitro benzene ring substituents is 2. The van der Waals surface area contributed by atoms with Crippen molar-refractivity contribution < 1.29 is 19.5 Å². The Balaban J connectivity index is 1.86. The summed E-state index contributed by atoms with van der Waals surface area (Å²) in [6.45, 7) is 0. The molecule has 0 aromatic heterocycles. The Labute approximate surface area is 155 Å². The largest absolute Gasteiger partial charge is 0.338 e.